The molecule has 0 bridgehead atoms. The number of nitrogens with zero attached hydrogens (tertiary/aromatic N) is 1. The van der Waals surface area contributed by atoms with E-state index >= 15 is 0 Å². The molecule has 0 heterocycles. The maximum Gasteiger partial charge on any atom is 0.306 e. The van der Waals surface area contributed by atoms with Crippen molar-refractivity contribution in [2.75, 3.05) is 47.5 Å². The molecule has 11 nitrogen and oxygen atoms in total. The Bertz CT molecular complexity index is 1710. The molecular formula is C63H114NO10P. The molecule has 0 aromatic carbocycles. The lowest BCUT2D eigenvalue weighted by molar-refractivity contribution is -0.870. The van der Waals surface area contributed by atoms with Crippen molar-refractivity contribution in [1.29, 1.82) is 0 Å². The highest BCUT2D eigenvalue weighted by Gasteiger charge is 2.59. The normalized spacial score (nSPS) is 26.1. The monoisotopic (exact) mass is 1080 g/mol. The molecule has 0 radical (unpaired) electrons. The van der Waals surface area contributed by atoms with Crippen LogP contribution in [0, 0.1) is 46.3 Å². The smallest absolute Gasteiger partial charge is 0.306 e. The first kappa shape index (κ1) is 65.7. The Labute approximate surface area is 459 Å². The van der Waals surface area contributed by atoms with Gasteiger partial charge in [-0.1, -0.05) is 201 Å². The molecule has 4 rings (SSSR count). The summed E-state index contributed by atoms with van der Waals surface area (Å²) in [4.78, 5) is 51.7. The first-order valence-corrected chi connectivity index (χ1v) is 32.9. The molecule has 3 unspecified atom stereocenters. The van der Waals surface area contributed by atoms with Crippen molar-refractivity contribution < 1.29 is 51.6 Å². The zero-order valence-electron chi connectivity index (χ0n) is 49.8. The molecule has 0 aliphatic heterocycles. The molecule has 12 heteroatoms. The fraction of sp³-hybridized carbons (Fsp3) is 0.921. The number of rotatable bonds is 41. The maximum atomic E-state index is 13.2. The lowest BCUT2D eigenvalue weighted by Gasteiger charge is -2.58. The number of allylic oxidation sites excluding steroid dienone is 1. The van der Waals surface area contributed by atoms with Crippen molar-refractivity contribution in [2.45, 2.75) is 278 Å². The standard InChI is InChI=1S/C63H114NO10P/c1-10-11-12-13-14-15-16-17-18-19-20-21-22-23-24-25-26-27-28-29-30-34-60(66)74-54(49-72-75(68,69)71-46-45-64(7,8)9)48-70-59(65)39-40-61(67)73-53-41-43-62(5)52(47-53)35-36-55-57-38-37-56(51(4)33-31-32-50(2)3)63(57,6)44-42-58(55)62/h35,50-51,53-58H,10-34,36-49H2,1-9H3/t51-,53?,54?,55+,56-,57+,58+,62+,63-/m0/s1. The average Bonchev–Trinajstić information content (AvgIpc) is 3.71. The van der Waals surface area contributed by atoms with Crippen molar-refractivity contribution in [1.82, 2.24) is 0 Å². The Morgan fingerprint density at radius 3 is 1.81 bits per heavy atom. The Balaban J connectivity index is 1.12. The Hall–Kier alpha value is -1.78. The van der Waals surface area contributed by atoms with Crippen LogP contribution >= 0.6 is 7.82 Å². The summed E-state index contributed by atoms with van der Waals surface area (Å²) < 4.78 is 40.4. The number of carbonyl (C=O) groups excluding carboxylic acids is 3. The van der Waals surface area contributed by atoms with Gasteiger partial charge in [-0.3, -0.25) is 18.9 Å². The summed E-state index contributed by atoms with van der Waals surface area (Å²) in [5, 5.41) is 0. The Morgan fingerprint density at radius 1 is 0.667 bits per heavy atom. The van der Waals surface area contributed by atoms with Crippen molar-refractivity contribution in [3.05, 3.63) is 11.6 Å². The number of phosphoric ester groups is 1. The van der Waals surface area contributed by atoms with Gasteiger partial charge in [0.1, 0.15) is 25.9 Å². The fourth-order valence-corrected chi connectivity index (χ4v) is 14.9. The maximum absolute atomic E-state index is 13.2. The van der Waals surface area contributed by atoms with E-state index in [0.29, 0.717) is 28.8 Å². The number of unbranched alkanes of at least 4 members (excludes halogenated alkanes) is 20. The summed E-state index contributed by atoms with van der Waals surface area (Å²) in [7, 11) is 1.04. The number of phosphoric acid groups is 1. The zero-order chi connectivity index (χ0) is 54.7. The predicted molar refractivity (Wildman–Crippen MR) is 303 cm³/mol. The first-order valence-electron chi connectivity index (χ1n) is 31.4. The second-order valence-electron chi connectivity index (χ2n) is 26.4. The predicted octanol–water partition coefficient (Wildman–Crippen LogP) is 16.0. The molecule has 4 aliphatic carbocycles. The molecule has 436 valence electrons. The van der Waals surface area contributed by atoms with Crippen LogP contribution in [0.2, 0.25) is 0 Å². The highest BCUT2D eigenvalue weighted by molar-refractivity contribution is 7.45. The van der Waals surface area contributed by atoms with Crippen LogP contribution in [0.5, 0.6) is 0 Å². The number of esters is 3. The second kappa shape index (κ2) is 34.4. The Kier molecular flexibility index (Phi) is 30.1. The van der Waals surface area contributed by atoms with Crippen LogP contribution in [0.4, 0.5) is 0 Å². The highest BCUT2D eigenvalue weighted by Crippen LogP contribution is 2.67. The fourth-order valence-electron chi connectivity index (χ4n) is 14.2. The second-order valence-corrected chi connectivity index (χ2v) is 27.8. The van der Waals surface area contributed by atoms with Gasteiger partial charge in [0.05, 0.1) is 40.6 Å². The minimum Gasteiger partial charge on any atom is -0.756 e. The quantitative estimate of drug-likeness (QED) is 0.0145. The van der Waals surface area contributed by atoms with Crippen molar-refractivity contribution in [3.63, 3.8) is 0 Å². The number of likely N-dealkylation sites (N-methyl/N-ethyl adjacent to an activating group) is 1. The molecule has 3 fully saturated rings. The van der Waals surface area contributed by atoms with E-state index < -0.39 is 45.0 Å². The van der Waals surface area contributed by atoms with Gasteiger partial charge in [0.15, 0.2) is 6.10 Å². The summed E-state index contributed by atoms with van der Waals surface area (Å²) in [6.07, 6.45) is 40.9. The van der Waals surface area contributed by atoms with E-state index in [-0.39, 0.29) is 37.4 Å². The van der Waals surface area contributed by atoms with Crippen LogP contribution in [-0.4, -0.2) is 82.1 Å². The first-order chi connectivity index (χ1) is 35.8. The van der Waals surface area contributed by atoms with Crippen molar-refractivity contribution >= 4 is 25.7 Å². The molecule has 0 aromatic rings. The van der Waals surface area contributed by atoms with Gasteiger partial charge in [-0.05, 0) is 97.7 Å². The lowest BCUT2D eigenvalue weighted by atomic mass is 9.47. The number of ether oxygens (including phenoxy) is 3. The molecule has 3 saturated carbocycles. The molecule has 0 saturated heterocycles. The van der Waals surface area contributed by atoms with Gasteiger partial charge in [0.25, 0.3) is 7.82 Å². The van der Waals surface area contributed by atoms with Crippen LogP contribution in [0.1, 0.15) is 266 Å². The van der Waals surface area contributed by atoms with Gasteiger partial charge in [-0.25, -0.2) is 0 Å². The van der Waals surface area contributed by atoms with Crippen LogP contribution in [0.3, 0.4) is 0 Å². The lowest BCUT2D eigenvalue weighted by Crippen LogP contribution is -2.51. The third-order valence-electron chi connectivity index (χ3n) is 18.7. The Morgan fingerprint density at radius 2 is 1.24 bits per heavy atom. The van der Waals surface area contributed by atoms with E-state index in [1.54, 1.807) is 0 Å². The molecule has 0 N–H and O–H groups in total. The summed E-state index contributed by atoms with van der Waals surface area (Å²) >= 11 is 0. The molecular weight excluding hydrogens is 962 g/mol. The number of fused-ring (bicyclic) bond motifs is 5. The molecule has 0 aromatic heterocycles. The molecule has 4 aliphatic rings. The van der Waals surface area contributed by atoms with E-state index in [4.69, 9.17) is 23.3 Å². The number of quaternary nitrogens is 1. The summed E-state index contributed by atoms with van der Waals surface area (Å²) in [5.41, 5.74) is 2.04. The average molecular weight is 1080 g/mol. The van der Waals surface area contributed by atoms with Gasteiger partial charge in [-0.15, -0.1) is 0 Å². The van der Waals surface area contributed by atoms with E-state index in [0.717, 1.165) is 74.5 Å². The largest absolute Gasteiger partial charge is 0.756 e. The third kappa shape index (κ3) is 24.2. The topological polar surface area (TPSA) is 137 Å². The van der Waals surface area contributed by atoms with Crippen LogP contribution < -0.4 is 4.89 Å². The number of hydrogen-bond donors (Lipinski definition) is 0. The summed E-state index contributed by atoms with van der Waals surface area (Å²) in [6.45, 7) is 14.0. The molecule has 10 atom stereocenters. The SMILES string of the molecule is CCCCCCCCCCCCCCCCCCCCCCCC(=O)OC(COC(=O)CCC(=O)OC1CC[C@]2(C)C(=CC[C@@H]3[C@H]4CC[C@@H]([C@@H](C)CCCC(C)C)[C@]4(C)CC[C@H]32)C1)COP(=O)([O-])OCC[N+](C)(C)C. The van der Waals surface area contributed by atoms with Gasteiger partial charge in [0.2, 0.25) is 0 Å². The minimum absolute atomic E-state index is 0.0727. The highest BCUT2D eigenvalue weighted by atomic mass is 31.2. The summed E-state index contributed by atoms with van der Waals surface area (Å²) in [6, 6.07) is 0. The van der Waals surface area contributed by atoms with E-state index in [9.17, 15) is 23.8 Å². The summed E-state index contributed by atoms with van der Waals surface area (Å²) in [5.74, 6) is 3.01. The third-order valence-corrected chi connectivity index (χ3v) is 19.7. The van der Waals surface area contributed by atoms with Gasteiger partial charge < -0.3 is 32.6 Å². The van der Waals surface area contributed by atoms with Crippen LogP contribution in [0.15, 0.2) is 11.6 Å². The van der Waals surface area contributed by atoms with E-state index in [1.807, 2.05) is 21.1 Å². The molecule has 0 amide bonds. The minimum atomic E-state index is -4.72. The van der Waals surface area contributed by atoms with Gasteiger partial charge >= 0.3 is 17.9 Å². The van der Waals surface area contributed by atoms with Crippen LogP contribution in [0.25, 0.3) is 0 Å². The molecule has 0 spiro atoms. The number of carbonyl (C=O) groups is 3. The van der Waals surface area contributed by atoms with Crippen molar-refractivity contribution in [3.8, 4) is 0 Å². The van der Waals surface area contributed by atoms with E-state index in [2.05, 4.69) is 47.6 Å². The zero-order valence-corrected chi connectivity index (χ0v) is 50.6. The van der Waals surface area contributed by atoms with E-state index in [1.165, 1.54) is 160 Å². The van der Waals surface area contributed by atoms with Crippen molar-refractivity contribution in [2.24, 2.45) is 46.3 Å². The molecule has 75 heavy (non-hydrogen) atoms. The van der Waals surface area contributed by atoms with Gasteiger partial charge in [-0.2, -0.15) is 0 Å². The van der Waals surface area contributed by atoms with Crippen LogP contribution in [-0.2, 0) is 42.2 Å². The van der Waals surface area contributed by atoms with Gasteiger partial charge in [0, 0.05) is 12.8 Å². The number of hydrogen-bond acceptors (Lipinski definition) is 10.